The SMILES string of the molecule is CCC1(CC)CCN(C(=O)C(C)(C)C)CC1. The van der Waals surface area contributed by atoms with E-state index in [9.17, 15) is 4.79 Å². The smallest absolute Gasteiger partial charge is 0.227 e. The average molecular weight is 225 g/mol. The molecule has 1 aliphatic rings. The Hall–Kier alpha value is -0.530. The van der Waals surface area contributed by atoms with Gasteiger partial charge in [-0.1, -0.05) is 47.5 Å². The van der Waals surface area contributed by atoms with Gasteiger partial charge in [0.2, 0.25) is 5.91 Å². The molecule has 0 aliphatic carbocycles. The minimum Gasteiger partial charge on any atom is -0.342 e. The summed E-state index contributed by atoms with van der Waals surface area (Å²) in [5.74, 6) is 0.313. The fourth-order valence-corrected chi connectivity index (χ4v) is 2.62. The van der Waals surface area contributed by atoms with Crippen LogP contribution in [-0.2, 0) is 4.79 Å². The molecule has 0 saturated carbocycles. The average Bonchev–Trinajstić information content (AvgIpc) is 2.27. The molecule has 1 amide bonds. The lowest BCUT2D eigenvalue weighted by Crippen LogP contribution is -2.46. The molecular formula is C14H27NO. The van der Waals surface area contributed by atoms with Crippen molar-refractivity contribution < 1.29 is 4.79 Å². The third-order valence-corrected chi connectivity index (χ3v) is 4.25. The van der Waals surface area contributed by atoms with Crippen molar-refractivity contribution in [1.82, 2.24) is 4.90 Å². The van der Waals surface area contributed by atoms with Crippen molar-refractivity contribution >= 4 is 5.91 Å². The third kappa shape index (κ3) is 2.78. The van der Waals surface area contributed by atoms with Crippen LogP contribution in [0.4, 0.5) is 0 Å². The molecule has 1 fully saturated rings. The van der Waals surface area contributed by atoms with E-state index in [4.69, 9.17) is 0 Å². The summed E-state index contributed by atoms with van der Waals surface area (Å²) in [6.07, 6.45) is 4.87. The summed E-state index contributed by atoms with van der Waals surface area (Å²) in [5, 5.41) is 0. The summed E-state index contributed by atoms with van der Waals surface area (Å²) in [6, 6.07) is 0. The van der Waals surface area contributed by atoms with Crippen LogP contribution in [-0.4, -0.2) is 23.9 Å². The Kier molecular flexibility index (Phi) is 4.03. The fourth-order valence-electron chi connectivity index (χ4n) is 2.62. The first-order valence-corrected chi connectivity index (χ1v) is 6.64. The van der Waals surface area contributed by atoms with Crippen molar-refractivity contribution in [2.45, 2.75) is 60.3 Å². The van der Waals surface area contributed by atoms with E-state index in [1.54, 1.807) is 0 Å². The Morgan fingerprint density at radius 1 is 1.12 bits per heavy atom. The highest BCUT2D eigenvalue weighted by Gasteiger charge is 2.35. The van der Waals surface area contributed by atoms with Crippen LogP contribution in [0.1, 0.15) is 60.3 Å². The lowest BCUT2D eigenvalue weighted by molar-refractivity contribution is -0.142. The zero-order chi connectivity index (χ0) is 12.4. The summed E-state index contributed by atoms with van der Waals surface area (Å²) in [7, 11) is 0. The standard InChI is InChI=1S/C14H27NO/c1-6-14(7-2)8-10-15(11-9-14)12(16)13(3,4)5/h6-11H2,1-5H3. The number of piperidine rings is 1. The van der Waals surface area contributed by atoms with E-state index in [0.717, 1.165) is 13.1 Å². The van der Waals surface area contributed by atoms with E-state index in [0.29, 0.717) is 11.3 Å². The van der Waals surface area contributed by atoms with Crippen molar-refractivity contribution in [3.8, 4) is 0 Å². The molecule has 0 N–H and O–H groups in total. The van der Waals surface area contributed by atoms with Crippen molar-refractivity contribution in [1.29, 1.82) is 0 Å². The van der Waals surface area contributed by atoms with Gasteiger partial charge in [-0.2, -0.15) is 0 Å². The maximum Gasteiger partial charge on any atom is 0.227 e. The van der Waals surface area contributed by atoms with Gasteiger partial charge in [-0.05, 0) is 18.3 Å². The molecule has 16 heavy (non-hydrogen) atoms. The number of hydrogen-bond donors (Lipinski definition) is 0. The van der Waals surface area contributed by atoms with Crippen molar-refractivity contribution in [2.24, 2.45) is 10.8 Å². The van der Waals surface area contributed by atoms with Crippen LogP contribution in [0, 0.1) is 10.8 Å². The highest BCUT2D eigenvalue weighted by Crippen LogP contribution is 2.38. The Balaban J connectivity index is 2.59. The molecular weight excluding hydrogens is 198 g/mol. The molecule has 0 aromatic heterocycles. The van der Waals surface area contributed by atoms with Crippen molar-refractivity contribution in [3.63, 3.8) is 0 Å². The normalized spacial score (nSPS) is 20.9. The Morgan fingerprint density at radius 2 is 1.56 bits per heavy atom. The Bertz CT molecular complexity index is 238. The van der Waals surface area contributed by atoms with Gasteiger partial charge in [0.25, 0.3) is 0 Å². The molecule has 0 unspecified atom stereocenters. The lowest BCUT2D eigenvalue weighted by Gasteiger charge is -2.42. The maximum absolute atomic E-state index is 12.1. The molecule has 0 aromatic carbocycles. The Labute approximate surface area is 100 Å². The molecule has 0 atom stereocenters. The monoisotopic (exact) mass is 225 g/mol. The van der Waals surface area contributed by atoms with E-state index in [-0.39, 0.29) is 5.41 Å². The summed E-state index contributed by atoms with van der Waals surface area (Å²) >= 11 is 0. The van der Waals surface area contributed by atoms with Gasteiger partial charge >= 0.3 is 0 Å². The maximum atomic E-state index is 12.1. The predicted molar refractivity (Wildman–Crippen MR) is 68.3 cm³/mol. The number of nitrogens with zero attached hydrogens (tertiary/aromatic N) is 1. The number of rotatable bonds is 2. The van der Waals surface area contributed by atoms with Crippen molar-refractivity contribution in [3.05, 3.63) is 0 Å². The largest absolute Gasteiger partial charge is 0.342 e. The first kappa shape index (κ1) is 13.5. The summed E-state index contributed by atoms with van der Waals surface area (Å²) in [5.41, 5.74) is 0.285. The van der Waals surface area contributed by atoms with Crippen LogP contribution in [0.2, 0.25) is 0 Å². The molecule has 1 saturated heterocycles. The van der Waals surface area contributed by atoms with Gasteiger partial charge < -0.3 is 4.90 Å². The molecule has 1 heterocycles. The molecule has 1 aliphatic heterocycles. The van der Waals surface area contributed by atoms with Gasteiger partial charge in [0.05, 0.1) is 0 Å². The molecule has 94 valence electrons. The minimum atomic E-state index is -0.224. The van der Waals surface area contributed by atoms with Gasteiger partial charge in [0.1, 0.15) is 0 Å². The first-order chi connectivity index (χ1) is 7.34. The topological polar surface area (TPSA) is 20.3 Å². The minimum absolute atomic E-state index is 0.224. The van der Waals surface area contributed by atoms with Crippen LogP contribution < -0.4 is 0 Å². The zero-order valence-electron chi connectivity index (χ0n) is 11.6. The second-order valence-corrected chi connectivity index (χ2v) is 6.25. The number of amides is 1. The van der Waals surface area contributed by atoms with Crippen LogP contribution in [0.15, 0.2) is 0 Å². The quantitative estimate of drug-likeness (QED) is 0.704. The summed E-state index contributed by atoms with van der Waals surface area (Å²) in [4.78, 5) is 14.2. The van der Waals surface area contributed by atoms with Crippen molar-refractivity contribution in [2.75, 3.05) is 13.1 Å². The number of hydrogen-bond acceptors (Lipinski definition) is 1. The molecule has 2 nitrogen and oxygen atoms in total. The highest BCUT2D eigenvalue weighted by molar-refractivity contribution is 5.81. The van der Waals surface area contributed by atoms with Gasteiger partial charge in [-0.25, -0.2) is 0 Å². The predicted octanol–water partition coefficient (Wildman–Crippen LogP) is 3.46. The molecule has 1 rings (SSSR count). The molecule has 0 spiro atoms. The second kappa shape index (κ2) is 4.77. The van der Waals surface area contributed by atoms with E-state index in [2.05, 4.69) is 18.7 Å². The highest BCUT2D eigenvalue weighted by atomic mass is 16.2. The number of carbonyl (C=O) groups excluding carboxylic acids is 1. The van der Waals surface area contributed by atoms with Gasteiger partial charge in [-0.15, -0.1) is 0 Å². The fraction of sp³-hybridized carbons (Fsp3) is 0.929. The van der Waals surface area contributed by atoms with Gasteiger partial charge in [0, 0.05) is 18.5 Å². The lowest BCUT2D eigenvalue weighted by atomic mass is 9.74. The van der Waals surface area contributed by atoms with E-state index in [1.807, 2.05) is 20.8 Å². The van der Waals surface area contributed by atoms with Gasteiger partial charge in [0.15, 0.2) is 0 Å². The molecule has 0 radical (unpaired) electrons. The molecule has 2 heteroatoms. The number of likely N-dealkylation sites (tertiary alicyclic amines) is 1. The number of carbonyl (C=O) groups is 1. The van der Waals surface area contributed by atoms with Crippen LogP contribution in [0.25, 0.3) is 0 Å². The molecule has 0 bridgehead atoms. The van der Waals surface area contributed by atoms with Gasteiger partial charge in [-0.3, -0.25) is 4.79 Å². The molecule has 0 aromatic rings. The van der Waals surface area contributed by atoms with E-state index in [1.165, 1.54) is 25.7 Å². The van der Waals surface area contributed by atoms with E-state index >= 15 is 0 Å². The van der Waals surface area contributed by atoms with Crippen LogP contribution in [0.5, 0.6) is 0 Å². The zero-order valence-corrected chi connectivity index (χ0v) is 11.6. The summed E-state index contributed by atoms with van der Waals surface area (Å²) < 4.78 is 0. The second-order valence-electron chi connectivity index (χ2n) is 6.25. The third-order valence-electron chi connectivity index (χ3n) is 4.25. The first-order valence-electron chi connectivity index (χ1n) is 6.64. The van der Waals surface area contributed by atoms with Crippen LogP contribution in [0.3, 0.4) is 0 Å². The van der Waals surface area contributed by atoms with E-state index < -0.39 is 0 Å². The Morgan fingerprint density at radius 3 is 1.88 bits per heavy atom. The van der Waals surface area contributed by atoms with Crippen LogP contribution >= 0.6 is 0 Å². The summed E-state index contributed by atoms with van der Waals surface area (Å²) in [6.45, 7) is 12.5.